The second-order valence-corrected chi connectivity index (χ2v) is 4.18. The normalized spacial score (nSPS) is 21.2. The summed E-state index contributed by atoms with van der Waals surface area (Å²) in [6.45, 7) is 6.10. The highest BCUT2D eigenvalue weighted by atomic mass is 16.5. The molecule has 1 aliphatic heterocycles. The molecule has 0 radical (unpaired) electrons. The van der Waals surface area contributed by atoms with Crippen molar-refractivity contribution in [2.75, 3.05) is 24.7 Å². The maximum atomic E-state index is 11.7. The number of hydrogen-bond donors (Lipinski definition) is 0. The second-order valence-electron chi connectivity index (χ2n) is 4.18. The molecule has 0 amide bonds. The van der Waals surface area contributed by atoms with E-state index in [2.05, 4.69) is 16.8 Å². The molecule has 0 saturated carbocycles. The molecule has 1 aromatic heterocycles. The Morgan fingerprint density at radius 1 is 1.56 bits per heavy atom. The fourth-order valence-corrected chi connectivity index (χ4v) is 1.85. The van der Waals surface area contributed by atoms with E-state index >= 15 is 0 Å². The minimum Gasteiger partial charge on any atom is -0.377 e. The van der Waals surface area contributed by atoms with Gasteiger partial charge in [-0.15, -0.1) is 0 Å². The monoisotopic (exact) mass is 223 g/mol. The maximum absolute atomic E-state index is 11.7. The van der Waals surface area contributed by atoms with Gasteiger partial charge in [0.05, 0.1) is 19.3 Å². The van der Waals surface area contributed by atoms with Crippen LogP contribution in [0.1, 0.15) is 12.7 Å². The Morgan fingerprint density at radius 3 is 2.94 bits per heavy atom. The van der Waals surface area contributed by atoms with Crippen LogP contribution in [-0.2, 0) is 11.8 Å². The molecular weight excluding hydrogens is 206 g/mol. The highest BCUT2D eigenvalue weighted by Crippen LogP contribution is 2.15. The Labute approximate surface area is 94.7 Å². The van der Waals surface area contributed by atoms with Crippen molar-refractivity contribution in [2.45, 2.75) is 19.9 Å². The Balaban J connectivity index is 2.36. The van der Waals surface area contributed by atoms with Crippen LogP contribution < -0.4 is 10.5 Å². The van der Waals surface area contributed by atoms with Crippen LogP contribution in [0.3, 0.4) is 0 Å². The van der Waals surface area contributed by atoms with Crippen LogP contribution in [0.15, 0.2) is 10.9 Å². The summed E-state index contributed by atoms with van der Waals surface area (Å²) in [4.78, 5) is 18.2. The van der Waals surface area contributed by atoms with Gasteiger partial charge in [0.2, 0.25) is 0 Å². The lowest BCUT2D eigenvalue weighted by Gasteiger charge is -2.34. The van der Waals surface area contributed by atoms with E-state index in [9.17, 15) is 4.79 Å². The van der Waals surface area contributed by atoms with E-state index in [1.165, 1.54) is 0 Å². The molecule has 1 unspecified atom stereocenters. The number of aryl methyl sites for hydroxylation is 1. The summed E-state index contributed by atoms with van der Waals surface area (Å²) < 4.78 is 6.92. The van der Waals surface area contributed by atoms with Gasteiger partial charge < -0.3 is 9.64 Å². The van der Waals surface area contributed by atoms with Gasteiger partial charge in [-0.1, -0.05) is 0 Å². The maximum Gasteiger partial charge on any atom is 0.255 e. The summed E-state index contributed by atoms with van der Waals surface area (Å²) >= 11 is 0. The summed E-state index contributed by atoms with van der Waals surface area (Å²) in [7, 11) is 1.73. The van der Waals surface area contributed by atoms with E-state index in [-0.39, 0.29) is 11.6 Å². The zero-order valence-corrected chi connectivity index (χ0v) is 9.93. The highest BCUT2D eigenvalue weighted by molar-refractivity contribution is 5.39. The molecular formula is C11H17N3O2. The molecule has 88 valence electrons. The lowest BCUT2D eigenvalue weighted by Crippen LogP contribution is -2.44. The average molecular weight is 223 g/mol. The lowest BCUT2D eigenvalue weighted by atomic mass is 10.2. The number of anilines is 1. The summed E-state index contributed by atoms with van der Waals surface area (Å²) in [5.41, 5.74) is -0.0128. The number of ether oxygens (including phenoxy) is 1. The first-order valence-corrected chi connectivity index (χ1v) is 5.48. The first kappa shape index (κ1) is 11.1. The molecule has 1 atom stereocenters. The molecule has 0 spiro atoms. The van der Waals surface area contributed by atoms with Crippen molar-refractivity contribution in [3.8, 4) is 0 Å². The minimum absolute atomic E-state index is 0.0128. The van der Waals surface area contributed by atoms with Crippen LogP contribution in [0.25, 0.3) is 0 Å². The zero-order chi connectivity index (χ0) is 11.7. The third-order valence-corrected chi connectivity index (χ3v) is 3.01. The quantitative estimate of drug-likeness (QED) is 0.687. The van der Waals surface area contributed by atoms with Gasteiger partial charge >= 0.3 is 0 Å². The lowest BCUT2D eigenvalue weighted by molar-refractivity contribution is 0.0985. The van der Waals surface area contributed by atoms with Crippen molar-refractivity contribution in [1.82, 2.24) is 9.55 Å². The fourth-order valence-electron chi connectivity index (χ4n) is 1.85. The van der Waals surface area contributed by atoms with Gasteiger partial charge in [0.15, 0.2) is 0 Å². The number of aromatic nitrogens is 2. The van der Waals surface area contributed by atoms with Crippen LogP contribution in [0.2, 0.25) is 0 Å². The van der Waals surface area contributed by atoms with E-state index < -0.39 is 0 Å². The predicted molar refractivity (Wildman–Crippen MR) is 61.8 cm³/mol. The van der Waals surface area contributed by atoms with E-state index in [1.807, 2.05) is 6.92 Å². The number of hydrogen-bond acceptors (Lipinski definition) is 4. The van der Waals surface area contributed by atoms with Gasteiger partial charge in [-0.2, -0.15) is 0 Å². The molecule has 0 aliphatic carbocycles. The molecule has 1 fully saturated rings. The molecule has 2 heterocycles. The van der Waals surface area contributed by atoms with Crippen LogP contribution >= 0.6 is 0 Å². The molecule has 5 heteroatoms. The van der Waals surface area contributed by atoms with Gasteiger partial charge in [0.25, 0.3) is 5.56 Å². The van der Waals surface area contributed by atoms with Crippen molar-refractivity contribution in [3.05, 3.63) is 22.2 Å². The Kier molecular flexibility index (Phi) is 2.96. The SMILES string of the molecule is Cc1nc(N2CCOCC2C)cc(=O)n1C. The minimum atomic E-state index is -0.0128. The van der Waals surface area contributed by atoms with E-state index in [4.69, 9.17) is 4.74 Å². The standard InChI is InChI=1S/C11H17N3O2/c1-8-7-16-5-4-14(8)10-6-11(15)13(3)9(2)12-10/h6,8H,4-5,7H2,1-3H3. The van der Waals surface area contributed by atoms with Crippen molar-refractivity contribution >= 4 is 5.82 Å². The van der Waals surface area contributed by atoms with Crippen LogP contribution in [0, 0.1) is 6.92 Å². The summed E-state index contributed by atoms with van der Waals surface area (Å²) in [5.74, 6) is 1.50. The topological polar surface area (TPSA) is 47.4 Å². The summed E-state index contributed by atoms with van der Waals surface area (Å²) in [5, 5.41) is 0. The van der Waals surface area contributed by atoms with E-state index in [0.717, 1.165) is 18.2 Å². The molecule has 0 bridgehead atoms. The van der Waals surface area contributed by atoms with E-state index in [0.29, 0.717) is 13.2 Å². The molecule has 5 nitrogen and oxygen atoms in total. The van der Waals surface area contributed by atoms with Gasteiger partial charge in [0, 0.05) is 19.7 Å². The van der Waals surface area contributed by atoms with Crippen molar-refractivity contribution in [2.24, 2.45) is 7.05 Å². The number of nitrogens with zero attached hydrogens (tertiary/aromatic N) is 3. The van der Waals surface area contributed by atoms with Gasteiger partial charge in [-0.3, -0.25) is 9.36 Å². The Hall–Kier alpha value is -1.36. The van der Waals surface area contributed by atoms with Crippen LogP contribution in [0.5, 0.6) is 0 Å². The van der Waals surface area contributed by atoms with Gasteiger partial charge in [-0.25, -0.2) is 4.98 Å². The van der Waals surface area contributed by atoms with Crippen molar-refractivity contribution in [1.29, 1.82) is 0 Å². The fraction of sp³-hybridized carbons (Fsp3) is 0.636. The number of rotatable bonds is 1. The Morgan fingerprint density at radius 2 is 2.31 bits per heavy atom. The third kappa shape index (κ3) is 1.95. The van der Waals surface area contributed by atoms with E-state index in [1.54, 1.807) is 17.7 Å². The van der Waals surface area contributed by atoms with Crippen molar-refractivity contribution < 1.29 is 4.74 Å². The zero-order valence-electron chi connectivity index (χ0n) is 9.93. The first-order chi connectivity index (χ1) is 7.59. The van der Waals surface area contributed by atoms with Crippen LogP contribution in [0.4, 0.5) is 5.82 Å². The Bertz CT molecular complexity index is 441. The molecule has 1 aromatic rings. The van der Waals surface area contributed by atoms with Crippen LogP contribution in [-0.4, -0.2) is 35.4 Å². The smallest absolute Gasteiger partial charge is 0.255 e. The molecule has 2 rings (SSSR count). The first-order valence-electron chi connectivity index (χ1n) is 5.48. The molecule has 16 heavy (non-hydrogen) atoms. The number of morpholine rings is 1. The van der Waals surface area contributed by atoms with Gasteiger partial charge in [-0.05, 0) is 13.8 Å². The third-order valence-electron chi connectivity index (χ3n) is 3.01. The molecule has 0 aromatic carbocycles. The molecule has 0 N–H and O–H groups in total. The van der Waals surface area contributed by atoms with Crippen molar-refractivity contribution in [3.63, 3.8) is 0 Å². The largest absolute Gasteiger partial charge is 0.377 e. The van der Waals surface area contributed by atoms with Gasteiger partial charge in [0.1, 0.15) is 11.6 Å². The molecule has 1 saturated heterocycles. The summed E-state index contributed by atoms with van der Waals surface area (Å²) in [6, 6.07) is 1.86. The predicted octanol–water partition coefficient (Wildman–Crippen LogP) is 0.314. The molecule has 1 aliphatic rings. The summed E-state index contributed by atoms with van der Waals surface area (Å²) in [6.07, 6.45) is 0. The highest BCUT2D eigenvalue weighted by Gasteiger charge is 2.20. The second kappa shape index (κ2) is 4.25. The average Bonchev–Trinajstić information content (AvgIpc) is 2.26.